The van der Waals surface area contributed by atoms with Crippen LogP contribution in [0.25, 0.3) is 0 Å². The number of ether oxygens (including phenoxy) is 1. The Balaban J connectivity index is 2.40. The van der Waals surface area contributed by atoms with E-state index in [0.29, 0.717) is 5.57 Å². The highest BCUT2D eigenvalue weighted by Crippen LogP contribution is 2.27. The average molecular weight is 235 g/mol. The lowest BCUT2D eigenvalue weighted by molar-refractivity contribution is -0.120. The number of benzene rings is 1. The Morgan fingerprint density at radius 3 is 2.47 bits per heavy atom. The van der Waals surface area contributed by atoms with Crippen LogP contribution in [-0.4, -0.2) is 18.9 Å². The number of methoxy groups -OCH3 is 1. The van der Waals surface area contributed by atoms with Crippen LogP contribution in [0.5, 0.6) is 5.75 Å². The van der Waals surface area contributed by atoms with Crippen LogP contribution < -0.4 is 9.64 Å². The van der Waals surface area contributed by atoms with E-state index in [2.05, 4.69) is 0 Å². The summed E-state index contributed by atoms with van der Waals surface area (Å²) < 4.78 is 18.2. The summed E-state index contributed by atoms with van der Waals surface area (Å²) >= 11 is 0. The minimum Gasteiger partial charge on any atom is -0.494 e. The molecule has 0 aliphatic carbocycles. The molecule has 0 saturated heterocycles. The normalized spacial score (nSPS) is 15.2. The van der Waals surface area contributed by atoms with E-state index in [1.54, 1.807) is 6.92 Å². The topological polar surface area (TPSA) is 46.6 Å². The monoisotopic (exact) mass is 235 g/mol. The molecule has 1 aliphatic heterocycles. The highest BCUT2D eigenvalue weighted by Gasteiger charge is 2.30. The van der Waals surface area contributed by atoms with Crippen molar-refractivity contribution < 1.29 is 18.7 Å². The highest BCUT2D eigenvalue weighted by molar-refractivity contribution is 6.30. The lowest BCUT2D eigenvalue weighted by Crippen LogP contribution is -2.30. The molecule has 1 aromatic carbocycles. The Morgan fingerprint density at radius 1 is 1.29 bits per heavy atom. The summed E-state index contributed by atoms with van der Waals surface area (Å²) in [7, 11) is 1.34. The fraction of sp³-hybridized carbons (Fsp3) is 0.167. The van der Waals surface area contributed by atoms with Crippen LogP contribution >= 0.6 is 0 Å². The third-order valence-corrected chi connectivity index (χ3v) is 2.49. The smallest absolute Gasteiger partial charge is 0.261 e. The molecule has 0 radical (unpaired) electrons. The van der Waals surface area contributed by atoms with Gasteiger partial charge in [-0.1, -0.05) is 0 Å². The van der Waals surface area contributed by atoms with Gasteiger partial charge in [0.1, 0.15) is 0 Å². The standard InChI is InChI=1S/C12H10FNO3/c1-7-5-11(15)14(12(7)16)8-3-4-10(17-2)9(13)6-8/h3-6H,1-2H3. The SMILES string of the molecule is COc1ccc(N2C(=O)C=C(C)C2=O)cc1F. The third-order valence-electron chi connectivity index (χ3n) is 2.49. The Hall–Kier alpha value is -2.17. The van der Waals surface area contributed by atoms with Crippen LogP contribution in [-0.2, 0) is 9.59 Å². The Labute approximate surface area is 97.3 Å². The molecule has 2 rings (SSSR count). The summed E-state index contributed by atoms with van der Waals surface area (Å²) in [5, 5.41) is 0. The van der Waals surface area contributed by atoms with Crippen LogP contribution in [0.4, 0.5) is 10.1 Å². The number of hydrogen-bond donors (Lipinski definition) is 0. The zero-order chi connectivity index (χ0) is 12.6. The van der Waals surface area contributed by atoms with E-state index in [4.69, 9.17) is 4.74 Å². The van der Waals surface area contributed by atoms with Crippen molar-refractivity contribution in [2.24, 2.45) is 0 Å². The van der Waals surface area contributed by atoms with Gasteiger partial charge in [0.2, 0.25) is 0 Å². The van der Waals surface area contributed by atoms with Gasteiger partial charge in [-0.25, -0.2) is 9.29 Å². The summed E-state index contributed by atoms with van der Waals surface area (Å²) in [5.74, 6) is -1.44. The first-order chi connectivity index (χ1) is 8.04. The number of anilines is 1. The van der Waals surface area contributed by atoms with E-state index in [0.717, 1.165) is 11.0 Å². The van der Waals surface area contributed by atoms with Crippen molar-refractivity contribution in [3.63, 3.8) is 0 Å². The predicted octanol–water partition coefficient (Wildman–Crippen LogP) is 1.65. The summed E-state index contributed by atoms with van der Waals surface area (Å²) in [4.78, 5) is 24.1. The lowest BCUT2D eigenvalue weighted by atomic mass is 10.2. The van der Waals surface area contributed by atoms with Crippen LogP contribution in [0.1, 0.15) is 6.92 Å². The molecule has 1 aliphatic rings. The Morgan fingerprint density at radius 2 is 2.00 bits per heavy atom. The molecule has 0 spiro atoms. The number of carbonyl (C=O) groups excluding carboxylic acids is 2. The van der Waals surface area contributed by atoms with Gasteiger partial charge in [-0.05, 0) is 19.1 Å². The fourth-order valence-corrected chi connectivity index (χ4v) is 1.63. The van der Waals surface area contributed by atoms with Gasteiger partial charge in [0, 0.05) is 17.7 Å². The first kappa shape index (κ1) is 11.3. The second-order valence-electron chi connectivity index (χ2n) is 3.62. The van der Waals surface area contributed by atoms with E-state index in [9.17, 15) is 14.0 Å². The molecule has 0 aromatic heterocycles. The van der Waals surface area contributed by atoms with E-state index in [1.165, 1.54) is 25.3 Å². The van der Waals surface area contributed by atoms with Crippen molar-refractivity contribution >= 4 is 17.5 Å². The van der Waals surface area contributed by atoms with E-state index in [-0.39, 0.29) is 11.4 Å². The minimum absolute atomic E-state index is 0.0672. The molecular weight excluding hydrogens is 225 g/mol. The molecule has 1 heterocycles. The minimum atomic E-state index is -0.616. The molecule has 0 fully saturated rings. The number of rotatable bonds is 2. The second kappa shape index (κ2) is 4.01. The second-order valence-corrected chi connectivity index (χ2v) is 3.62. The van der Waals surface area contributed by atoms with Crippen LogP contribution in [0.15, 0.2) is 29.8 Å². The number of amides is 2. The highest BCUT2D eigenvalue weighted by atomic mass is 19.1. The molecule has 5 heteroatoms. The van der Waals surface area contributed by atoms with Gasteiger partial charge in [0.25, 0.3) is 11.8 Å². The number of carbonyl (C=O) groups is 2. The van der Waals surface area contributed by atoms with E-state index < -0.39 is 17.6 Å². The molecule has 1 aromatic rings. The Bertz CT molecular complexity index is 537. The van der Waals surface area contributed by atoms with E-state index >= 15 is 0 Å². The third kappa shape index (κ3) is 1.80. The maximum Gasteiger partial charge on any atom is 0.261 e. The zero-order valence-electron chi connectivity index (χ0n) is 9.36. The molecule has 4 nitrogen and oxygen atoms in total. The van der Waals surface area contributed by atoms with Gasteiger partial charge in [0.05, 0.1) is 12.8 Å². The van der Waals surface area contributed by atoms with Crippen LogP contribution in [0.2, 0.25) is 0 Å². The molecule has 0 atom stereocenters. The van der Waals surface area contributed by atoms with Gasteiger partial charge in [-0.15, -0.1) is 0 Å². The first-order valence-electron chi connectivity index (χ1n) is 4.95. The van der Waals surface area contributed by atoms with Crippen LogP contribution in [0, 0.1) is 5.82 Å². The van der Waals surface area contributed by atoms with Crippen molar-refractivity contribution in [1.29, 1.82) is 0 Å². The maximum atomic E-state index is 13.5. The van der Waals surface area contributed by atoms with E-state index in [1.807, 2.05) is 0 Å². The zero-order valence-corrected chi connectivity index (χ0v) is 9.36. The molecule has 0 N–H and O–H groups in total. The summed E-state index contributed by atoms with van der Waals surface area (Å²) in [5.41, 5.74) is 0.539. The van der Waals surface area contributed by atoms with Crippen molar-refractivity contribution in [1.82, 2.24) is 0 Å². The molecule has 2 amide bonds. The quantitative estimate of drug-likeness (QED) is 0.732. The number of hydrogen-bond acceptors (Lipinski definition) is 3. The predicted molar refractivity (Wildman–Crippen MR) is 59.2 cm³/mol. The van der Waals surface area contributed by atoms with Crippen LogP contribution in [0.3, 0.4) is 0 Å². The molecular formula is C12H10FNO3. The largest absolute Gasteiger partial charge is 0.494 e. The summed E-state index contributed by atoms with van der Waals surface area (Å²) in [6.07, 6.45) is 1.23. The molecule has 0 saturated carbocycles. The molecule has 0 bridgehead atoms. The van der Waals surface area contributed by atoms with Gasteiger partial charge in [-0.3, -0.25) is 9.59 Å². The molecule has 88 valence electrons. The van der Waals surface area contributed by atoms with Gasteiger partial charge >= 0.3 is 0 Å². The van der Waals surface area contributed by atoms with Gasteiger partial charge in [0.15, 0.2) is 11.6 Å². The fourth-order valence-electron chi connectivity index (χ4n) is 1.63. The summed E-state index contributed by atoms with van der Waals surface area (Å²) in [6, 6.07) is 3.93. The van der Waals surface area contributed by atoms with Crippen molar-refractivity contribution in [3.8, 4) is 5.75 Å². The lowest BCUT2D eigenvalue weighted by Gasteiger charge is -2.15. The first-order valence-corrected chi connectivity index (χ1v) is 4.95. The van der Waals surface area contributed by atoms with Gasteiger partial charge in [-0.2, -0.15) is 0 Å². The van der Waals surface area contributed by atoms with Crippen molar-refractivity contribution in [2.45, 2.75) is 6.92 Å². The number of imide groups is 1. The number of halogens is 1. The number of nitrogens with zero attached hydrogens (tertiary/aromatic N) is 1. The average Bonchev–Trinajstić information content (AvgIpc) is 2.53. The molecule has 0 unspecified atom stereocenters. The molecule has 17 heavy (non-hydrogen) atoms. The summed E-state index contributed by atoms with van der Waals surface area (Å²) in [6.45, 7) is 1.54. The van der Waals surface area contributed by atoms with Crippen molar-refractivity contribution in [2.75, 3.05) is 12.0 Å². The maximum absolute atomic E-state index is 13.5. The van der Waals surface area contributed by atoms with Crippen molar-refractivity contribution in [3.05, 3.63) is 35.7 Å². The van der Waals surface area contributed by atoms with Gasteiger partial charge < -0.3 is 4.74 Å². The Kier molecular flexibility index (Phi) is 2.67.